The van der Waals surface area contributed by atoms with Crippen LogP contribution in [0.5, 0.6) is 0 Å². The van der Waals surface area contributed by atoms with Crippen LogP contribution >= 0.6 is 15.8 Å². The summed E-state index contributed by atoms with van der Waals surface area (Å²) >= 11 is 0. The van der Waals surface area contributed by atoms with Crippen molar-refractivity contribution in [3.63, 3.8) is 0 Å². The maximum Gasteiger partial charge on any atom is 2.00 e. The third-order valence-electron chi connectivity index (χ3n) is 9.25. The topological polar surface area (TPSA) is 108 Å². The van der Waals surface area contributed by atoms with Gasteiger partial charge in [0.2, 0.25) is 0 Å². The molecule has 11 heteroatoms. The Hall–Kier alpha value is -5.92. The molecule has 65 heavy (non-hydrogen) atoms. The predicted octanol–water partition coefficient (Wildman–Crippen LogP) is 12.5. The third-order valence-corrected chi connectivity index (χ3v) is 10.9. The molecule has 0 aliphatic heterocycles. The van der Waals surface area contributed by atoms with Crippen LogP contribution in [0.15, 0.2) is 158 Å². The number of rotatable bonds is 10. The van der Waals surface area contributed by atoms with Crippen molar-refractivity contribution >= 4 is 32.3 Å². The molecule has 0 saturated carbocycles. The maximum absolute atomic E-state index is 8.89. The van der Waals surface area contributed by atoms with Crippen LogP contribution in [0.4, 0.5) is 5.82 Å². The van der Waals surface area contributed by atoms with Gasteiger partial charge in [-0.05, 0) is 108 Å². The summed E-state index contributed by atoms with van der Waals surface area (Å²) in [5.74, 6) is 1.38. The molecule has 0 bridgehead atoms. The van der Waals surface area contributed by atoms with Gasteiger partial charge in [-0.3, -0.25) is 9.97 Å². The summed E-state index contributed by atoms with van der Waals surface area (Å²) in [6, 6.07) is 46.3. The molecule has 0 radical (unpaired) electrons. The molecule has 0 spiro atoms. The van der Waals surface area contributed by atoms with Crippen molar-refractivity contribution < 1.29 is 36.2 Å². The third kappa shape index (κ3) is 16.2. The van der Waals surface area contributed by atoms with Gasteiger partial charge in [0, 0.05) is 51.4 Å². The molecule has 8 rings (SSSR count). The first kappa shape index (κ1) is 36.3. The Morgan fingerprint density at radius 2 is 1.00 bits per heavy atom. The summed E-state index contributed by atoms with van der Waals surface area (Å²) in [5, 5.41) is 25.5. The quantitative estimate of drug-likeness (QED) is 0.0991. The molecule has 4 aromatic carbocycles. The van der Waals surface area contributed by atoms with Crippen molar-refractivity contribution in [1.29, 1.82) is 5.26 Å². The van der Waals surface area contributed by atoms with Crippen LogP contribution in [0.1, 0.15) is 61.0 Å². The Bertz CT molecular complexity index is 2910. The molecule has 330 valence electrons. The summed E-state index contributed by atoms with van der Waals surface area (Å²) in [4.78, 5) is 12.4. The van der Waals surface area contributed by atoms with Crippen molar-refractivity contribution in [2.45, 2.75) is 40.5 Å². The van der Waals surface area contributed by atoms with E-state index in [4.69, 9.17) is 28.3 Å². The normalized spacial score (nSPS) is 13.9. The summed E-state index contributed by atoms with van der Waals surface area (Å²) in [5.41, 5.74) is 10.2. The molecule has 0 aliphatic carbocycles. The standard InChI is InChI=1S/2C19H17N4.2C8H11P.Os/c1-13(2)9-15-10-17(18-11-19(20-3)23-22-18)21-12-16(15)14-7-5-4-6-8-14;1-13(2)8-15-9-18(19-10-16(11-20)22-23-19)21-12-17(15)14-6-4-3-5-7-14;2*1-9(2)8-6-4-3-5-7-8;/h4-8,10-13H,9H2,1-2H3;3-7,9-10,12-13H,8H2,1-2H3;2*3-7H,1-2H3;/q2*-1;;;+2/i;;2*1D3,2D3;. The molecule has 4 heterocycles. The Morgan fingerprint density at radius 3 is 1.35 bits per heavy atom. The molecule has 8 nitrogen and oxygen atoms in total. The van der Waals surface area contributed by atoms with E-state index in [-0.39, 0.29) is 19.8 Å². The molecule has 4 aromatic heterocycles. The van der Waals surface area contributed by atoms with E-state index in [1.54, 1.807) is 72.8 Å². The summed E-state index contributed by atoms with van der Waals surface area (Å²) < 4.78 is 87.4. The predicted molar refractivity (Wildman–Crippen MR) is 270 cm³/mol. The van der Waals surface area contributed by atoms with Gasteiger partial charge < -0.3 is 20.1 Å². The van der Waals surface area contributed by atoms with Crippen LogP contribution in [0.3, 0.4) is 0 Å². The van der Waals surface area contributed by atoms with E-state index < -0.39 is 42.2 Å². The van der Waals surface area contributed by atoms with Gasteiger partial charge in [0.05, 0.1) is 0 Å². The molecular formula is C54H56N8OsP2. The van der Waals surface area contributed by atoms with Gasteiger partial charge in [0.25, 0.3) is 5.82 Å². The first-order chi connectivity index (χ1) is 35.8. The van der Waals surface area contributed by atoms with E-state index >= 15 is 0 Å². The van der Waals surface area contributed by atoms with Crippen molar-refractivity contribution in [2.75, 3.05) is 26.4 Å². The van der Waals surface area contributed by atoms with Crippen LogP contribution in [0.25, 0.3) is 49.9 Å². The molecular weight excluding hydrogens is 1010 g/mol. The first-order valence-corrected chi connectivity index (χ1v) is 23.1. The fraction of sp³-hybridized carbons (Fsp3) is 0.222. The van der Waals surface area contributed by atoms with Crippen molar-refractivity contribution in [3.8, 4) is 51.1 Å². The van der Waals surface area contributed by atoms with Gasteiger partial charge in [-0.2, -0.15) is 5.26 Å². The number of hydrogen-bond acceptors (Lipinski definition) is 5. The smallest absolute Gasteiger partial charge is 0.573 e. The van der Waals surface area contributed by atoms with Crippen LogP contribution in [-0.4, -0.2) is 46.5 Å². The van der Waals surface area contributed by atoms with E-state index in [2.05, 4.69) is 99.3 Å². The van der Waals surface area contributed by atoms with Gasteiger partial charge in [-0.1, -0.05) is 183 Å². The van der Waals surface area contributed by atoms with E-state index in [1.165, 1.54) is 11.1 Å². The number of benzene rings is 4. The van der Waals surface area contributed by atoms with Gasteiger partial charge in [-0.15, -0.1) is 0 Å². The SMILES string of the molecule is CC(C)Cc1cc(-c2cc(C#N)n[n-]2)ncc1-c1ccccc1.[2H]C([2H])([2H])P(c1ccccc1)C([2H])([2H])[2H].[2H]C([2H])([2H])P(c1ccccc1)C([2H])([2H])[2H].[C-]#[N+]c1cc(-c2cc(CC(C)C)c(-c3ccccc3)cn2)[n-]n1.[Os+2]. The number of hydrogen-bond donors (Lipinski definition) is 0. The zero-order chi connectivity index (χ0) is 55.8. The Balaban J connectivity index is 0.000000226. The van der Waals surface area contributed by atoms with Crippen molar-refractivity contribution in [2.24, 2.45) is 11.8 Å². The minimum Gasteiger partial charge on any atom is -0.573 e. The van der Waals surface area contributed by atoms with Gasteiger partial charge in [0.1, 0.15) is 11.8 Å². The van der Waals surface area contributed by atoms with Gasteiger partial charge >= 0.3 is 19.8 Å². The zero-order valence-corrected chi connectivity index (χ0v) is 40.7. The largest absolute Gasteiger partial charge is 2.00 e. The number of pyridine rings is 2. The van der Waals surface area contributed by atoms with E-state index in [1.807, 2.05) is 54.9 Å². The second kappa shape index (κ2) is 26.8. The second-order valence-corrected chi connectivity index (χ2v) is 17.5. The minimum atomic E-state index is -2.44. The monoisotopic (exact) mass is 1080 g/mol. The Morgan fingerprint density at radius 1 is 0.600 bits per heavy atom. The second-order valence-electron chi connectivity index (χ2n) is 15.1. The van der Waals surface area contributed by atoms with Crippen LogP contribution in [0.2, 0.25) is 0 Å². The van der Waals surface area contributed by atoms with E-state index in [0.717, 1.165) is 46.5 Å². The summed E-state index contributed by atoms with van der Waals surface area (Å²) in [7, 11) is -4.28. The van der Waals surface area contributed by atoms with Crippen LogP contribution < -0.4 is 20.8 Å². The average Bonchev–Trinajstić information content (AvgIpc) is 4.05. The van der Waals surface area contributed by atoms with Crippen molar-refractivity contribution in [1.82, 2.24) is 30.4 Å². The fourth-order valence-corrected chi connectivity index (χ4v) is 7.28. The molecule has 0 fully saturated rings. The molecule has 0 saturated heterocycles. The van der Waals surface area contributed by atoms with Gasteiger partial charge in [-0.25, -0.2) is 5.10 Å². The zero-order valence-electron chi connectivity index (χ0n) is 48.4. The van der Waals surface area contributed by atoms with Crippen LogP contribution in [-0.2, 0) is 32.6 Å². The maximum atomic E-state index is 8.89. The number of nitrogens with zero attached hydrogens (tertiary/aromatic N) is 8. The molecule has 0 aliphatic rings. The molecule has 0 atom stereocenters. The van der Waals surface area contributed by atoms with Gasteiger partial charge in [0.15, 0.2) is 0 Å². The molecule has 0 N–H and O–H groups in total. The Kier molecular flexibility index (Phi) is 15.0. The first-order valence-electron chi connectivity index (χ1n) is 26.4. The van der Waals surface area contributed by atoms with Crippen molar-refractivity contribution in [3.05, 3.63) is 186 Å². The average molecular weight is 1080 g/mol. The minimum absolute atomic E-state index is 0. The Labute approximate surface area is 418 Å². The molecule has 0 unspecified atom stereocenters. The number of aromatic nitrogens is 6. The fourth-order valence-electron chi connectivity index (χ4n) is 6.34. The van der Waals surface area contributed by atoms with E-state index in [9.17, 15) is 0 Å². The number of nitriles is 1. The molecule has 8 aromatic rings. The summed E-state index contributed by atoms with van der Waals surface area (Å²) in [6.45, 7) is 6.04. The molecule has 0 amide bonds. The van der Waals surface area contributed by atoms with Crippen LogP contribution in [0, 0.1) is 29.7 Å². The summed E-state index contributed by atoms with van der Waals surface area (Å²) in [6.07, 6.45) is 5.71. The van der Waals surface area contributed by atoms with E-state index in [0.29, 0.717) is 45.3 Å².